The van der Waals surface area contributed by atoms with Gasteiger partial charge in [0.1, 0.15) is 0 Å². The third-order valence-corrected chi connectivity index (χ3v) is 7.24. The number of amides is 2. The van der Waals surface area contributed by atoms with Crippen LogP contribution in [0.4, 0.5) is 5.69 Å². The number of rotatable bonds is 4. The molecule has 0 radical (unpaired) electrons. The van der Waals surface area contributed by atoms with Crippen LogP contribution in [0.15, 0.2) is 53.0 Å². The molecule has 3 aliphatic rings. The molecule has 0 bridgehead atoms. The topological polar surface area (TPSA) is 43.9 Å². The smallest absolute Gasteiger partial charge is 0.241 e. The summed E-state index contributed by atoms with van der Waals surface area (Å²) >= 11 is 3.53. The van der Waals surface area contributed by atoms with Crippen molar-refractivity contribution in [2.75, 3.05) is 44.2 Å². The third kappa shape index (κ3) is 3.56. The Balaban J connectivity index is 1.18. The molecule has 1 aliphatic carbocycles. The van der Waals surface area contributed by atoms with Crippen molar-refractivity contribution in [2.24, 2.45) is 0 Å². The summed E-state index contributed by atoms with van der Waals surface area (Å²) in [6.07, 6.45) is 2.78. The molecule has 0 unspecified atom stereocenters. The van der Waals surface area contributed by atoms with Crippen LogP contribution in [0.2, 0.25) is 0 Å². The van der Waals surface area contributed by atoms with Crippen LogP contribution in [0.5, 0.6) is 0 Å². The molecule has 30 heavy (non-hydrogen) atoms. The van der Waals surface area contributed by atoms with E-state index in [0.29, 0.717) is 19.6 Å². The van der Waals surface area contributed by atoms with Gasteiger partial charge in [0, 0.05) is 42.9 Å². The minimum atomic E-state index is -0.332. The largest absolute Gasteiger partial charge is 0.339 e. The zero-order valence-electron chi connectivity index (χ0n) is 17.0. The van der Waals surface area contributed by atoms with E-state index in [1.165, 1.54) is 5.56 Å². The second-order valence-corrected chi connectivity index (χ2v) is 9.50. The molecule has 5 nitrogen and oxygen atoms in total. The second-order valence-electron chi connectivity index (χ2n) is 8.58. The van der Waals surface area contributed by atoms with Crippen LogP contribution in [0.3, 0.4) is 0 Å². The maximum atomic E-state index is 13.3. The number of halogens is 1. The van der Waals surface area contributed by atoms with Crippen LogP contribution in [0.1, 0.15) is 24.0 Å². The quantitative estimate of drug-likeness (QED) is 0.693. The average Bonchev–Trinajstić information content (AvgIpc) is 3.46. The molecule has 2 aromatic carbocycles. The van der Waals surface area contributed by atoms with Crippen LogP contribution < -0.4 is 4.90 Å². The average molecular weight is 468 g/mol. The molecule has 2 fully saturated rings. The maximum Gasteiger partial charge on any atom is 0.241 e. The lowest BCUT2D eigenvalue weighted by molar-refractivity contribution is -0.135. The van der Waals surface area contributed by atoms with Crippen LogP contribution in [0.25, 0.3) is 0 Å². The molecular formula is C24H26BrN3O2. The Bertz CT molecular complexity index is 980. The van der Waals surface area contributed by atoms with Gasteiger partial charge in [-0.1, -0.05) is 46.3 Å². The van der Waals surface area contributed by atoms with Crippen molar-refractivity contribution in [3.05, 3.63) is 64.1 Å². The summed E-state index contributed by atoms with van der Waals surface area (Å²) in [5.74, 6) is 0.410. The van der Waals surface area contributed by atoms with E-state index in [-0.39, 0.29) is 17.2 Å². The third-order valence-electron chi connectivity index (χ3n) is 6.74. The van der Waals surface area contributed by atoms with Crippen LogP contribution in [-0.2, 0) is 21.4 Å². The van der Waals surface area contributed by atoms with Gasteiger partial charge in [-0.15, -0.1) is 0 Å². The molecule has 1 saturated carbocycles. The van der Waals surface area contributed by atoms with Gasteiger partial charge in [-0.05, 0) is 48.6 Å². The molecule has 0 atom stereocenters. The zero-order chi connectivity index (χ0) is 20.7. The summed E-state index contributed by atoms with van der Waals surface area (Å²) in [7, 11) is 0. The molecule has 2 aliphatic heterocycles. The number of hydrogen-bond acceptors (Lipinski definition) is 3. The van der Waals surface area contributed by atoms with Gasteiger partial charge in [0.15, 0.2) is 0 Å². The highest BCUT2D eigenvalue weighted by Crippen LogP contribution is 2.50. The first kappa shape index (κ1) is 19.8. The van der Waals surface area contributed by atoms with Gasteiger partial charge in [-0.25, -0.2) is 0 Å². The molecule has 0 N–H and O–H groups in total. The summed E-state index contributed by atoms with van der Waals surface area (Å²) in [5.41, 5.74) is 3.10. The van der Waals surface area contributed by atoms with Crippen molar-refractivity contribution in [1.29, 1.82) is 0 Å². The predicted molar refractivity (Wildman–Crippen MR) is 121 cm³/mol. The highest BCUT2D eigenvalue weighted by molar-refractivity contribution is 9.10. The molecule has 5 rings (SSSR count). The van der Waals surface area contributed by atoms with Gasteiger partial charge in [0.05, 0.1) is 12.0 Å². The summed E-state index contributed by atoms with van der Waals surface area (Å²) in [4.78, 5) is 32.3. The standard InChI is InChI=1S/C24H26BrN3O2/c25-20-6-3-5-19(16-20)24(9-10-24)23(30)27-14-12-26(13-15-27)17-22(29)28-11-8-18-4-1-2-7-21(18)28/h1-7,16H,8-15,17H2. The van der Waals surface area contributed by atoms with Crippen molar-refractivity contribution in [3.63, 3.8) is 0 Å². The first-order valence-corrected chi connectivity index (χ1v) is 11.5. The lowest BCUT2D eigenvalue weighted by Crippen LogP contribution is -2.53. The molecule has 2 heterocycles. The predicted octanol–water partition coefficient (Wildman–Crippen LogP) is 3.21. The first-order valence-electron chi connectivity index (χ1n) is 10.7. The highest BCUT2D eigenvalue weighted by Gasteiger charge is 2.53. The number of anilines is 1. The van der Waals surface area contributed by atoms with E-state index < -0.39 is 0 Å². The van der Waals surface area contributed by atoms with Crippen molar-refractivity contribution in [3.8, 4) is 0 Å². The SMILES string of the molecule is O=C(CN1CCN(C(=O)C2(c3cccc(Br)c3)CC2)CC1)N1CCc2ccccc21. The van der Waals surface area contributed by atoms with Gasteiger partial charge in [-0.2, -0.15) is 0 Å². The number of para-hydroxylation sites is 1. The fraction of sp³-hybridized carbons (Fsp3) is 0.417. The molecule has 6 heteroatoms. The Morgan fingerprint density at radius 2 is 1.70 bits per heavy atom. The minimum Gasteiger partial charge on any atom is -0.339 e. The molecule has 1 saturated heterocycles. The summed E-state index contributed by atoms with van der Waals surface area (Å²) in [5, 5.41) is 0. The van der Waals surface area contributed by atoms with Crippen LogP contribution in [0, 0.1) is 0 Å². The Kier molecular flexibility index (Phi) is 5.15. The number of hydrogen-bond donors (Lipinski definition) is 0. The Labute approximate surface area is 185 Å². The number of carbonyl (C=O) groups is 2. The van der Waals surface area contributed by atoms with Crippen molar-refractivity contribution in [2.45, 2.75) is 24.7 Å². The molecular weight excluding hydrogens is 442 g/mol. The van der Waals surface area contributed by atoms with E-state index in [1.807, 2.05) is 40.1 Å². The van der Waals surface area contributed by atoms with E-state index in [4.69, 9.17) is 0 Å². The Morgan fingerprint density at radius 1 is 0.933 bits per heavy atom. The van der Waals surface area contributed by atoms with Gasteiger partial charge in [0.25, 0.3) is 0 Å². The maximum absolute atomic E-state index is 13.3. The van der Waals surface area contributed by atoms with E-state index in [9.17, 15) is 9.59 Å². The number of piperazine rings is 1. The number of nitrogens with zero attached hydrogens (tertiary/aromatic N) is 3. The van der Waals surface area contributed by atoms with Gasteiger partial charge in [0.2, 0.25) is 11.8 Å². The van der Waals surface area contributed by atoms with Crippen LogP contribution in [-0.4, -0.2) is 60.9 Å². The number of fused-ring (bicyclic) bond motifs is 1. The summed E-state index contributed by atoms with van der Waals surface area (Å²) in [6.45, 7) is 4.08. The fourth-order valence-corrected chi connectivity index (χ4v) is 5.22. The molecule has 0 aromatic heterocycles. The molecule has 2 aromatic rings. The fourth-order valence-electron chi connectivity index (χ4n) is 4.82. The number of carbonyl (C=O) groups excluding carboxylic acids is 2. The van der Waals surface area contributed by atoms with E-state index in [2.05, 4.69) is 39.0 Å². The van der Waals surface area contributed by atoms with Gasteiger partial charge in [-0.3, -0.25) is 14.5 Å². The highest BCUT2D eigenvalue weighted by atomic mass is 79.9. The van der Waals surface area contributed by atoms with Crippen molar-refractivity contribution < 1.29 is 9.59 Å². The van der Waals surface area contributed by atoms with E-state index in [1.54, 1.807) is 0 Å². The normalized spacial score (nSPS) is 20.2. The van der Waals surface area contributed by atoms with E-state index >= 15 is 0 Å². The zero-order valence-corrected chi connectivity index (χ0v) is 18.6. The van der Waals surface area contributed by atoms with Crippen molar-refractivity contribution in [1.82, 2.24) is 9.80 Å². The Hall–Kier alpha value is -2.18. The lowest BCUT2D eigenvalue weighted by atomic mass is 9.94. The Morgan fingerprint density at radius 3 is 2.43 bits per heavy atom. The monoisotopic (exact) mass is 467 g/mol. The van der Waals surface area contributed by atoms with Crippen molar-refractivity contribution >= 4 is 33.4 Å². The van der Waals surface area contributed by atoms with Gasteiger partial charge < -0.3 is 9.80 Å². The molecule has 0 spiro atoms. The minimum absolute atomic E-state index is 0.160. The van der Waals surface area contributed by atoms with E-state index in [0.717, 1.165) is 54.6 Å². The lowest BCUT2D eigenvalue weighted by Gasteiger charge is -2.37. The number of benzene rings is 2. The second kappa shape index (κ2) is 7.82. The summed E-state index contributed by atoms with van der Waals surface area (Å²) < 4.78 is 1.02. The van der Waals surface area contributed by atoms with Crippen LogP contribution >= 0.6 is 15.9 Å². The summed E-state index contributed by atoms with van der Waals surface area (Å²) in [6, 6.07) is 16.3. The molecule has 2 amide bonds. The van der Waals surface area contributed by atoms with Gasteiger partial charge >= 0.3 is 0 Å². The first-order chi connectivity index (χ1) is 14.6. The molecule has 156 valence electrons.